The molecule has 2 saturated heterocycles. The van der Waals surface area contributed by atoms with Crippen LogP contribution in [0.15, 0.2) is 12.2 Å². The van der Waals surface area contributed by atoms with Gasteiger partial charge < -0.3 is 47.4 Å². The average molecular weight is 633 g/mol. The minimum Gasteiger partial charge on any atom is -0.460 e. The molecule has 0 N–H and O–H groups in total. The Hall–Kier alpha value is -4.58. The molecular weight excluding hydrogens is 600 g/mol. The minimum atomic E-state index is -1.47. The van der Waals surface area contributed by atoms with Crippen molar-refractivity contribution in [3.05, 3.63) is 12.2 Å². The summed E-state index contributed by atoms with van der Waals surface area (Å²) >= 11 is 0. The van der Waals surface area contributed by atoms with Crippen molar-refractivity contribution in [2.75, 3.05) is 13.2 Å². The van der Waals surface area contributed by atoms with Crippen LogP contribution in [0.5, 0.6) is 0 Å². The smallest absolute Gasteiger partial charge is 0.331 e. The molecule has 18 heteroatoms. The van der Waals surface area contributed by atoms with Crippen molar-refractivity contribution in [2.24, 2.45) is 0 Å². The Morgan fingerprint density at radius 3 is 1.00 bits per heavy atom. The van der Waals surface area contributed by atoms with Crippen LogP contribution in [0, 0.1) is 0 Å². The molecule has 0 aromatic heterocycles. The van der Waals surface area contributed by atoms with Crippen molar-refractivity contribution in [1.29, 1.82) is 0 Å². The van der Waals surface area contributed by atoms with Gasteiger partial charge in [0.25, 0.3) is 0 Å². The lowest BCUT2D eigenvalue weighted by molar-refractivity contribution is -0.197. The van der Waals surface area contributed by atoms with Crippen molar-refractivity contribution in [1.82, 2.24) is 0 Å². The Morgan fingerprint density at radius 2 is 0.727 bits per heavy atom. The third-order valence-electron chi connectivity index (χ3n) is 5.44. The topological polar surface area (TPSA) is 229 Å². The molecule has 18 nitrogen and oxygen atoms in total. The molecule has 8 atom stereocenters. The van der Waals surface area contributed by atoms with Gasteiger partial charge in [-0.15, -0.1) is 0 Å². The molecular formula is C26H32O18. The predicted octanol–water partition coefficient (Wildman–Crippen LogP) is -1.07. The fraction of sp³-hybridized carbons (Fsp3) is 0.615. The Kier molecular flexibility index (Phi) is 13.2. The fourth-order valence-electron chi connectivity index (χ4n) is 4.03. The van der Waals surface area contributed by atoms with Gasteiger partial charge in [0, 0.05) is 53.7 Å². The lowest BCUT2D eigenvalue weighted by atomic mass is 10.1. The van der Waals surface area contributed by atoms with Gasteiger partial charge in [-0.25, -0.2) is 9.59 Å². The highest BCUT2D eigenvalue weighted by Gasteiger charge is 2.52. The first kappa shape index (κ1) is 35.6. The molecule has 2 aliphatic heterocycles. The van der Waals surface area contributed by atoms with Crippen molar-refractivity contribution >= 4 is 47.8 Å². The first-order valence-corrected chi connectivity index (χ1v) is 12.9. The second kappa shape index (κ2) is 16.3. The van der Waals surface area contributed by atoms with Crippen LogP contribution < -0.4 is 0 Å². The van der Waals surface area contributed by atoms with E-state index in [0.717, 1.165) is 41.5 Å². The van der Waals surface area contributed by atoms with E-state index in [1.54, 1.807) is 0 Å². The van der Waals surface area contributed by atoms with Gasteiger partial charge in [0.05, 0.1) is 0 Å². The zero-order valence-corrected chi connectivity index (χ0v) is 24.5. The van der Waals surface area contributed by atoms with Gasteiger partial charge in [-0.3, -0.25) is 28.8 Å². The van der Waals surface area contributed by atoms with E-state index in [2.05, 4.69) is 0 Å². The zero-order chi connectivity index (χ0) is 33.1. The van der Waals surface area contributed by atoms with Gasteiger partial charge in [-0.05, 0) is 0 Å². The molecule has 44 heavy (non-hydrogen) atoms. The Labute approximate surface area is 250 Å². The normalized spacial score (nSPS) is 27.5. The van der Waals surface area contributed by atoms with Gasteiger partial charge in [-0.2, -0.15) is 0 Å². The third kappa shape index (κ3) is 11.3. The maximum Gasteiger partial charge on any atom is 0.331 e. The highest BCUT2D eigenvalue weighted by atomic mass is 16.8. The van der Waals surface area contributed by atoms with E-state index in [0.29, 0.717) is 12.2 Å². The quantitative estimate of drug-likeness (QED) is 0.142. The van der Waals surface area contributed by atoms with Crippen LogP contribution in [-0.2, 0) is 85.7 Å². The fourth-order valence-corrected chi connectivity index (χ4v) is 4.03. The van der Waals surface area contributed by atoms with Crippen LogP contribution in [0.4, 0.5) is 0 Å². The van der Waals surface area contributed by atoms with Crippen LogP contribution in [-0.4, -0.2) is 110 Å². The molecule has 0 saturated carbocycles. The molecule has 0 aromatic carbocycles. The van der Waals surface area contributed by atoms with Crippen LogP contribution >= 0.6 is 0 Å². The van der Waals surface area contributed by atoms with E-state index in [-0.39, 0.29) is 0 Å². The van der Waals surface area contributed by atoms with Crippen LogP contribution in [0.25, 0.3) is 0 Å². The Balaban J connectivity index is 2.01. The van der Waals surface area contributed by atoms with Crippen LogP contribution in [0.2, 0.25) is 0 Å². The lowest BCUT2D eigenvalue weighted by Gasteiger charge is -2.22. The summed E-state index contributed by atoms with van der Waals surface area (Å²) in [7, 11) is 0. The van der Waals surface area contributed by atoms with Gasteiger partial charge in [0.1, 0.15) is 25.4 Å². The summed E-state index contributed by atoms with van der Waals surface area (Å²) in [5.74, 6) is -6.91. The summed E-state index contributed by atoms with van der Waals surface area (Å²) in [5.41, 5.74) is 0. The zero-order valence-electron chi connectivity index (χ0n) is 24.5. The van der Waals surface area contributed by atoms with Crippen molar-refractivity contribution in [2.45, 2.75) is 90.7 Å². The van der Waals surface area contributed by atoms with Gasteiger partial charge in [0.15, 0.2) is 12.2 Å². The molecule has 2 aliphatic rings. The molecule has 244 valence electrons. The van der Waals surface area contributed by atoms with Gasteiger partial charge in [0.2, 0.25) is 24.8 Å². The second-order valence-electron chi connectivity index (χ2n) is 9.19. The maximum atomic E-state index is 12.2. The van der Waals surface area contributed by atoms with Crippen molar-refractivity contribution in [3.8, 4) is 0 Å². The molecule has 2 heterocycles. The van der Waals surface area contributed by atoms with Gasteiger partial charge >= 0.3 is 47.8 Å². The van der Waals surface area contributed by atoms with E-state index < -0.39 is 110 Å². The number of hydrogen-bond donors (Lipinski definition) is 0. The monoisotopic (exact) mass is 632 g/mol. The van der Waals surface area contributed by atoms with Crippen molar-refractivity contribution < 1.29 is 85.7 Å². The molecule has 0 bridgehead atoms. The number of ether oxygens (including phenoxy) is 10. The summed E-state index contributed by atoms with van der Waals surface area (Å²) in [6.45, 7) is 5.24. The maximum absolute atomic E-state index is 12.2. The summed E-state index contributed by atoms with van der Waals surface area (Å²) in [4.78, 5) is 93.7. The van der Waals surface area contributed by atoms with E-state index in [9.17, 15) is 38.4 Å². The third-order valence-corrected chi connectivity index (χ3v) is 5.44. The van der Waals surface area contributed by atoms with Crippen LogP contribution in [0.3, 0.4) is 0 Å². The molecule has 0 aromatic rings. The highest BCUT2D eigenvalue weighted by Crippen LogP contribution is 2.30. The first-order valence-electron chi connectivity index (χ1n) is 12.9. The molecule has 0 amide bonds. The minimum absolute atomic E-state index is 0.583. The highest BCUT2D eigenvalue weighted by molar-refractivity contribution is 5.91. The average Bonchev–Trinajstić information content (AvgIpc) is 3.34. The predicted molar refractivity (Wildman–Crippen MR) is 134 cm³/mol. The molecule has 0 radical (unpaired) electrons. The number of hydrogen-bond acceptors (Lipinski definition) is 18. The molecule has 0 unspecified atom stereocenters. The van der Waals surface area contributed by atoms with E-state index in [1.807, 2.05) is 0 Å². The van der Waals surface area contributed by atoms with E-state index in [1.165, 1.54) is 0 Å². The number of carbonyl (C=O) groups is 8. The lowest BCUT2D eigenvalue weighted by Crippen LogP contribution is -2.42. The van der Waals surface area contributed by atoms with E-state index >= 15 is 0 Å². The second-order valence-corrected chi connectivity index (χ2v) is 9.19. The standard InChI is InChI=1S/C26H32O18/c1-11(27)37-21-17(43-25(41-15(5)31)23(21)39-13(3)29)9-35-19(33)7-8-20(34)36-10-18-22(38-12(2)28)24(40-14(4)30)26(44-18)42-16(6)32/h7-8,17-18,21-26H,9-10H2,1-6H3/b8-7+/t17-,18-,21-,22-,23-,24-,25-,26-/m1/s1. The molecule has 2 fully saturated rings. The SMILES string of the molecule is CC(=O)O[C@@H]1O[C@H](COC(=O)/C=C/C(=O)OC[C@H]2O[C@@H](OC(C)=O)[C@H](OC(C)=O)[C@@H]2OC(C)=O)[C@@H](OC(C)=O)[C@H]1OC(C)=O. The Bertz CT molecular complexity index is 1070. The van der Waals surface area contributed by atoms with E-state index in [4.69, 9.17) is 47.4 Å². The van der Waals surface area contributed by atoms with Crippen molar-refractivity contribution in [3.63, 3.8) is 0 Å². The van der Waals surface area contributed by atoms with Gasteiger partial charge in [-0.1, -0.05) is 0 Å². The number of esters is 8. The summed E-state index contributed by atoms with van der Waals surface area (Å²) < 4.78 is 51.4. The summed E-state index contributed by atoms with van der Waals surface area (Å²) in [6, 6.07) is 0. The van der Waals surface area contributed by atoms with Crippen LogP contribution in [0.1, 0.15) is 41.5 Å². The summed E-state index contributed by atoms with van der Waals surface area (Å²) in [5, 5.41) is 0. The number of carbonyl (C=O) groups excluding carboxylic acids is 8. The first-order chi connectivity index (χ1) is 20.6. The number of rotatable bonds is 12. The largest absolute Gasteiger partial charge is 0.460 e. The Morgan fingerprint density at radius 1 is 0.455 bits per heavy atom. The molecule has 0 aliphatic carbocycles. The summed E-state index contributed by atoms with van der Waals surface area (Å²) in [6.07, 6.45) is -9.37. The molecule has 2 rings (SSSR count). The molecule has 0 spiro atoms.